The highest BCUT2D eigenvalue weighted by Crippen LogP contribution is 2.37. The van der Waals surface area contributed by atoms with Crippen LogP contribution in [0.4, 0.5) is 0 Å². The number of ether oxygens (including phenoxy) is 1. The molecule has 7 heteroatoms. The Morgan fingerprint density at radius 3 is 1.53 bits per heavy atom. The fourth-order valence-electron chi connectivity index (χ4n) is 3.60. The summed E-state index contributed by atoms with van der Waals surface area (Å²) in [5, 5.41) is 0. The summed E-state index contributed by atoms with van der Waals surface area (Å²) >= 11 is 0. The van der Waals surface area contributed by atoms with E-state index in [-0.39, 0.29) is 12.0 Å². The predicted octanol–water partition coefficient (Wildman–Crippen LogP) is 5.03. The number of cyclic esters (lactones) is 2. The van der Waals surface area contributed by atoms with Gasteiger partial charge in [-0.1, -0.05) is 61.5 Å². The van der Waals surface area contributed by atoms with Crippen molar-refractivity contribution in [1.82, 2.24) is 0 Å². The first-order valence-electron chi connectivity index (χ1n) is 10.5. The quantitative estimate of drug-likeness (QED) is 0.260. The number of hydrogen-bond donors (Lipinski definition) is 0. The van der Waals surface area contributed by atoms with Crippen LogP contribution in [0.5, 0.6) is 17.2 Å². The van der Waals surface area contributed by atoms with Gasteiger partial charge in [0.25, 0.3) is 0 Å². The normalized spacial score (nSPS) is 16.8. The van der Waals surface area contributed by atoms with Crippen LogP contribution in [0.15, 0.2) is 91.0 Å². The maximum absolute atomic E-state index is 12.2. The first-order chi connectivity index (χ1) is 15.5. The lowest BCUT2D eigenvalue weighted by Crippen LogP contribution is -2.58. The second-order valence-corrected chi connectivity index (χ2v) is 10.5. The minimum Gasteiger partial charge on any atom is -0.483 e. The average Bonchev–Trinajstić information content (AvgIpc) is 3.12. The molecule has 1 aliphatic heterocycles. The fraction of sp³-hybridized carbons (Fsp3) is 0.200. The van der Waals surface area contributed by atoms with Gasteiger partial charge in [-0.25, -0.2) is 0 Å². The molecule has 2 unspecified atom stereocenters. The smallest absolute Gasteiger partial charge is 0.483 e. The molecule has 0 saturated carbocycles. The molecule has 0 spiro atoms. The van der Waals surface area contributed by atoms with E-state index in [4.69, 9.17) is 18.0 Å². The van der Waals surface area contributed by atoms with Crippen LogP contribution in [0, 0.1) is 5.92 Å². The molecule has 1 fully saturated rings. The van der Waals surface area contributed by atoms with E-state index < -0.39 is 26.7 Å². The number of hydrogen-bond acceptors (Lipinski definition) is 6. The van der Waals surface area contributed by atoms with E-state index in [1.807, 2.05) is 97.9 Å². The number of carbonyl (C=O) groups excluding carboxylic acids is 2. The van der Waals surface area contributed by atoms with Crippen LogP contribution >= 0.6 is 0 Å². The van der Waals surface area contributed by atoms with Crippen molar-refractivity contribution in [2.75, 3.05) is 0 Å². The van der Waals surface area contributed by atoms with Crippen LogP contribution in [0.2, 0.25) is 5.54 Å². The van der Waals surface area contributed by atoms with E-state index in [0.717, 1.165) is 0 Å². The molecule has 2 atom stereocenters. The number of esters is 2. The number of rotatable bonds is 9. The minimum absolute atomic E-state index is 0.0513. The lowest BCUT2D eigenvalue weighted by atomic mass is 10.0. The van der Waals surface area contributed by atoms with Gasteiger partial charge in [-0.15, -0.1) is 0 Å². The van der Waals surface area contributed by atoms with Crippen LogP contribution < -0.4 is 13.3 Å². The summed E-state index contributed by atoms with van der Waals surface area (Å²) in [6.07, 6.45) is 0.388. The molecule has 0 aromatic heterocycles. The minimum atomic E-state index is -3.56. The monoisotopic (exact) mass is 448 g/mol. The van der Waals surface area contributed by atoms with Gasteiger partial charge in [-0.05, 0) is 42.8 Å². The highest BCUT2D eigenvalue weighted by Gasteiger charge is 2.56. The summed E-state index contributed by atoms with van der Waals surface area (Å²) in [6, 6.07) is 28.0. The van der Waals surface area contributed by atoms with E-state index in [2.05, 4.69) is 0 Å². The molecule has 1 aliphatic rings. The third-order valence-electron chi connectivity index (χ3n) is 5.21. The molecule has 0 radical (unpaired) electrons. The zero-order valence-electron chi connectivity index (χ0n) is 17.7. The molecule has 1 heterocycles. The molecule has 3 aromatic carbocycles. The lowest BCUT2D eigenvalue weighted by Gasteiger charge is -2.34. The summed E-state index contributed by atoms with van der Waals surface area (Å²) in [6.45, 7) is 1.93. The van der Waals surface area contributed by atoms with Gasteiger partial charge >= 0.3 is 20.7 Å². The molecule has 0 bridgehead atoms. The third-order valence-corrected chi connectivity index (χ3v) is 8.22. The van der Waals surface area contributed by atoms with Crippen molar-refractivity contribution in [3.8, 4) is 17.2 Å². The van der Waals surface area contributed by atoms with Gasteiger partial charge in [0.1, 0.15) is 17.2 Å². The Morgan fingerprint density at radius 2 is 1.19 bits per heavy atom. The van der Waals surface area contributed by atoms with Gasteiger partial charge in [-0.2, -0.15) is 0 Å². The molecular weight excluding hydrogens is 424 g/mol. The van der Waals surface area contributed by atoms with Crippen LogP contribution in [0.1, 0.15) is 19.8 Å². The maximum atomic E-state index is 12.2. The SMILES string of the molecule is CC(CC1CC(=O)OC1=O)[Si](Oc1ccccc1)(Oc1ccccc1)Oc1ccccc1. The first kappa shape index (κ1) is 21.6. The lowest BCUT2D eigenvalue weighted by molar-refractivity contribution is -0.153. The van der Waals surface area contributed by atoms with E-state index >= 15 is 0 Å². The fourth-order valence-corrected chi connectivity index (χ4v) is 6.29. The maximum Gasteiger partial charge on any atom is 0.702 e. The van der Waals surface area contributed by atoms with Gasteiger partial charge < -0.3 is 18.0 Å². The summed E-state index contributed by atoms with van der Waals surface area (Å²) in [5.74, 6) is 0.233. The van der Waals surface area contributed by atoms with Gasteiger partial charge in [0, 0.05) is 0 Å². The Morgan fingerprint density at radius 1 is 0.781 bits per heavy atom. The van der Waals surface area contributed by atoms with Crippen LogP contribution in [0.3, 0.4) is 0 Å². The Kier molecular flexibility index (Phi) is 6.56. The molecule has 3 aromatic rings. The van der Waals surface area contributed by atoms with Crippen LogP contribution in [-0.2, 0) is 14.3 Å². The second kappa shape index (κ2) is 9.70. The van der Waals surface area contributed by atoms with E-state index in [9.17, 15) is 9.59 Å². The Balaban J connectivity index is 1.72. The van der Waals surface area contributed by atoms with Crippen LogP contribution in [0.25, 0.3) is 0 Å². The number of para-hydroxylation sites is 3. The number of benzene rings is 3. The second-order valence-electron chi connectivity index (χ2n) is 7.68. The summed E-state index contributed by atoms with van der Waals surface area (Å²) in [7, 11) is -3.56. The van der Waals surface area contributed by atoms with E-state index in [0.29, 0.717) is 23.7 Å². The topological polar surface area (TPSA) is 71.1 Å². The van der Waals surface area contributed by atoms with Crippen molar-refractivity contribution < 1.29 is 27.6 Å². The molecule has 0 aliphatic carbocycles. The Bertz CT molecular complexity index is 940. The highest BCUT2D eigenvalue weighted by atomic mass is 28.4. The van der Waals surface area contributed by atoms with Gasteiger partial charge in [-0.3, -0.25) is 9.59 Å². The van der Waals surface area contributed by atoms with Crippen molar-refractivity contribution in [3.05, 3.63) is 91.0 Å². The summed E-state index contributed by atoms with van der Waals surface area (Å²) < 4.78 is 24.3. The standard InChI is InChI=1S/C25H24O6Si/c1-19(17-20-18-24(26)28-25(20)27)32(29-21-11-5-2-6-12-21,30-22-13-7-3-8-14-22)31-23-15-9-4-10-16-23/h2-16,19-20H,17-18H2,1H3. The molecule has 32 heavy (non-hydrogen) atoms. The largest absolute Gasteiger partial charge is 0.702 e. The number of carbonyl (C=O) groups is 2. The van der Waals surface area contributed by atoms with Crippen molar-refractivity contribution in [2.24, 2.45) is 5.92 Å². The Hall–Kier alpha value is -3.58. The first-order valence-corrected chi connectivity index (χ1v) is 12.3. The molecule has 4 rings (SSSR count). The van der Waals surface area contributed by atoms with Crippen molar-refractivity contribution in [2.45, 2.75) is 25.3 Å². The zero-order valence-corrected chi connectivity index (χ0v) is 18.7. The average molecular weight is 449 g/mol. The van der Waals surface area contributed by atoms with Crippen LogP contribution in [-0.4, -0.2) is 20.7 Å². The molecule has 0 N–H and O–H groups in total. The van der Waals surface area contributed by atoms with Crippen molar-refractivity contribution >= 4 is 20.7 Å². The molecule has 0 amide bonds. The molecular formula is C25H24O6Si. The Labute approximate surface area is 188 Å². The molecule has 164 valence electrons. The van der Waals surface area contributed by atoms with Gasteiger partial charge in [0.05, 0.1) is 17.9 Å². The van der Waals surface area contributed by atoms with Crippen molar-refractivity contribution in [1.29, 1.82) is 0 Å². The van der Waals surface area contributed by atoms with E-state index in [1.165, 1.54) is 0 Å². The summed E-state index contributed by atoms with van der Waals surface area (Å²) in [5.41, 5.74) is -0.327. The molecule has 6 nitrogen and oxygen atoms in total. The van der Waals surface area contributed by atoms with Gasteiger partial charge in [0.2, 0.25) is 0 Å². The summed E-state index contributed by atoms with van der Waals surface area (Å²) in [4.78, 5) is 23.8. The zero-order chi connectivity index (χ0) is 22.4. The third kappa shape index (κ3) is 5.18. The predicted molar refractivity (Wildman–Crippen MR) is 120 cm³/mol. The van der Waals surface area contributed by atoms with E-state index in [1.54, 1.807) is 0 Å². The highest BCUT2D eigenvalue weighted by molar-refractivity contribution is 6.64. The van der Waals surface area contributed by atoms with Gasteiger partial charge in [0.15, 0.2) is 0 Å². The van der Waals surface area contributed by atoms with Crippen molar-refractivity contribution in [3.63, 3.8) is 0 Å². The molecule has 1 saturated heterocycles.